The minimum absolute atomic E-state index is 0.0215. The smallest absolute Gasteiger partial charge is 0.270 e. The zero-order chi connectivity index (χ0) is 16.6. The molecule has 23 heavy (non-hydrogen) atoms. The first-order valence-corrected chi connectivity index (χ1v) is 8.36. The van der Waals surface area contributed by atoms with Gasteiger partial charge in [-0.25, -0.2) is 0 Å². The zero-order valence-electron chi connectivity index (χ0n) is 13.3. The fourth-order valence-corrected chi connectivity index (χ4v) is 4.06. The van der Waals surface area contributed by atoms with Crippen LogP contribution >= 0.6 is 11.6 Å². The highest BCUT2D eigenvalue weighted by atomic mass is 35.5. The number of likely N-dealkylation sites (tertiary alicyclic amines) is 2. The lowest BCUT2D eigenvalue weighted by atomic mass is 9.78. The summed E-state index contributed by atoms with van der Waals surface area (Å²) in [5, 5.41) is 9.65. The number of hydrogen-bond acceptors (Lipinski definition) is 3. The van der Waals surface area contributed by atoms with Gasteiger partial charge in [0.25, 0.3) is 5.91 Å². The molecule has 0 unspecified atom stereocenters. The van der Waals surface area contributed by atoms with Gasteiger partial charge < -0.3 is 19.5 Å². The Balaban J connectivity index is 1.76. The Morgan fingerprint density at radius 2 is 2.17 bits per heavy atom. The standard InChI is InChI=1S/C16H22ClN3O3/c1-18-10-12(17)9-13(18)14(22)20-6-4-16(11-20)3-2-5-19(7-8-21)15(16)23/h9-10,21H,2-8,11H2,1H3/t16-/m0/s1. The summed E-state index contributed by atoms with van der Waals surface area (Å²) in [6.45, 7) is 2.09. The number of nitrogens with zero attached hydrogens (tertiary/aromatic N) is 3. The lowest BCUT2D eigenvalue weighted by Crippen LogP contribution is -2.51. The topological polar surface area (TPSA) is 65.8 Å². The van der Waals surface area contributed by atoms with Crippen molar-refractivity contribution in [1.82, 2.24) is 14.4 Å². The van der Waals surface area contributed by atoms with Crippen molar-refractivity contribution in [2.45, 2.75) is 19.3 Å². The number of amides is 2. The van der Waals surface area contributed by atoms with Gasteiger partial charge in [0.2, 0.25) is 5.91 Å². The van der Waals surface area contributed by atoms with Gasteiger partial charge >= 0.3 is 0 Å². The lowest BCUT2D eigenvalue weighted by molar-refractivity contribution is -0.146. The quantitative estimate of drug-likeness (QED) is 0.897. The van der Waals surface area contributed by atoms with Crippen LogP contribution in [0.15, 0.2) is 12.3 Å². The fourth-order valence-electron chi connectivity index (χ4n) is 3.81. The first-order valence-electron chi connectivity index (χ1n) is 7.98. The second kappa shape index (κ2) is 6.17. The molecule has 0 bridgehead atoms. The van der Waals surface area contributed by atoms with Crippen LogP contribution in [0.1, 0.15) is 29.8 Å². The van der Waals surface area contributed by atoms with Crippen molar-refractivity contribution in [3.05, 3.63) is 23.0 Å². The summed E-state index contributed by atoms with van der Waals surface area (Å²) < 4.78 is 1.72. The number of aryl methyl sites for hydroxylation is 1. The van der Waals surface area contributed by atoms with Crippen molar-refractivity contribution in [3.8, 4) is 0 Å². The van der Waals surface area contributed by atoms with Crippen molar-refractivity contribution < 1.29 is 14.7 Å². The van der Waals surface area contributed by atoms with Crippen molar-refractivity contribution in [3.63, 3.8) is 0 Å². The van der Waals surface area contributed by atoms with E-state index in [2.05, 4.69) is 0 Å². The molecule has 6 nitrogen and oxygen atoms in total. The lowest BCUT2D eigenvalue weighted by Gasteiger charge is -2.39. The molecule has 3 rings (SSSR count). The molecule has 1 aromatic heterocycles. The van der Waals surface area contributed by atoms with Crippen LogP contribution in [0.4, 0.5) is 0 Å². The van der Waals surface area contributed by atoms with Gasteiger partial charge in [-0.15, -0.1) is 0 Å². The Morgan fingerprint density at radius 3 is 2.83 bits per heavy atom. The minimum Gasteiger partial charge on any atom is -0.395 e. The zero-order valence-corrected chi connectivity index (χ0v) is 14.1. The molecule has 7 heteroatoms. The molecule has 3 heterocycles. The number of carbonyl (C=O) groups excluding carboxylic acids is 2. The predicted octanol–water partition coefficient (Wildman–Crippen LogP) is 1.13. The second-order valence-corrected chi connectivity index (χ2v) is 6.97. The Kier molecular flexibility index (Phi) is 4.38. The van der Waals surface area contributed by atoms with E-state index in [4.69, 9.17) is 16.7 Å². The number of piperidine rings is 1. The van der Waals surface area contributed by atoms with Gasteiger partial charge in [0.15, 0.2) is 0 Å². The molecule has 2 aliphatic rings. The second-order valence-electron chi connectivity index (χ2n) is 6.53. The number of aliphatic hydroxyl groups is 1. The Labute approximate surface area is 140 Å². The van der Waals surface area contributed by atoms with Gasteiger partial charge in [0.1, 0.15) is 5.69 Å². The molecule has 126 valence electrons. The van der Waals surface area contributed by atoms with Crippen LogP contribution in [0.3, 0.4) is 0 Å². The summed E-state index contributed by atoms with van der Waals surface area (Å²) in [4.78, 5) is 29.0. The SMILES string of the molecule is Cn1cc(Cl)cc1C(=O)N1CC[C@@]2(CCCN(CCO)C2=O)C1. The van der Waals surface area contributed by atoms with Gasteiger partial charge in [0, 0.05) is 39.4 Å². The number of hydrogen-bond donors (Lipinski definition) is 1. The summed E-state index contributed by atoms with van der Waals surface area (Å²) in [6.07, 6.45) is 4.13. The molecule has 1 atom stereocenters. The third kappa shape index (κ3) is 2.85. The Hall–Kier alpha value is -1.53. The molecule has 0 aromatic carbocycles. The van der Waals surface area contributed by atoms with Crippen LogP contribution in [0.5, 0.6) is 0 Å². The van der Waals surface area contributed by atoms with Gasteiger partial charge in [-0.3, -0.25) is 9.59 Å². The van der Waals surface area contributed by atoms with Crippen LogP contribution in [0.2, 0.25) is 5.02 Å². The largest absolute Gasteiger partial charge is 0.395 e. The third-order valence-electron chi connectivity index (χ3n) is 5.03. The summed E-state index contributed by atoms with van der Waals surface area (Å²) >= 11 is 5.96. The van der Waals surface area contributed by atoms with Crippen molar-refractivity contribution in [1.29, 1.82) is 0 Å². The van der Waals surface area contributed by atoms with E-state index in [0.717, 1.165) is 12.8 Å². The fraction of sp³-hybridized carbons (Fsp3) is 0.625. The summed E-state index contributed by atoms with van der Waals surface area (Å²) in [6, 6.07) is 1.66. The van der Waals surface area contributed by atoms with Crippen molar-refractivity contribution in [2.75, 3.05) is 32.8 Å². The highest BCUT2D eigenvalue weighted by Crippen LogP contribution is 2.40. The number of halogens is 1. The van der Waals surface area contributed by atoms with Crippen molar-refractivity contribution >= 4 is 23.4 Å². The maximum atomic E-state index is 12.8. The average molecular weight is 340 g/mol. The number of carbonyl (C=O) groups is 2. The third-order valence-corrected chi connectivity index (χ3v) is 5.23. The molecule has 2 aliphatic heterocycles. The van der Waals surface area contributed by atoms with E-state index in [-0.39, 0.29) is 18.4 Å². The number of aliphatic hydroxyl groups excluding tert-OH is 1. The van der Waals surface area contributed by atoms with Gasteiger partial charge in [-0.05, 0) is 25.3 Å². The van der Waals surface area contributed by atoms with Crippen LogP contribution in [0.25, 0.3) is 0 Å². The molecule has 1 spiro atoms. The molecule has 0 radical (unpaired) electrons. The normalized spacial score (nSPS) is 24.7. The Morgan fingerprint density at radius 1 is 1.39 bits per heavy atom. The monoisotopic (exact) mass is 339 g/mol. The first kappa shape index (κ1) is 16.3. The molecule has 1 aromatic rings. The first-order chi connectivity index (χ1) is 11.0. The van der Waals surface area contributed by atoms with Gasteiger partial charge in [0.05, 0.1) is 17.0 Å². The van der Waals surface area contributed by atoms with E-state index >= 15 is 0 Å². The van der Waals surface area contributed by atoms with E-state index in [1.807, 2.05) is 0 Å². The Bertz CT molecular complexity index is 628. The minimum atomic E-state index is -0.474. The molecular weight excluding hydrogens is 318 g/mol. The van der Waals surface area contributed by atoms with Crippen LogP contribution in [0, 0.1) is 5.41 Å². The predicted molar refractivity (Wildman–Crippen MR) is 86.3 cm³/mol. The maximum absolute atomic E-state index is 12.8. The number of β-amino-alcohol motifs (C(OH)–C–C–N with tert-alkyl or cyclic N) is 1. The van der Waals surface area contributed by atoms with Crippen LogP contribution < -0.4 is 0 Å². The van der Waals surface area contributed by atoms with Gasteiger partial charge in [-0.2, -0.15) is 0 Å². The highest BCUT2D eigenvalue weighted by molar-refractivity contribution is 6.31. The maximum Gasteiger partial charge on any atom is 0.270 e. The molecule has 0 aliphatic carbocycles. The molecule has 2 amide bonds. The van der Waals surface area contributed by atoms with E-state index in [1.54, 1.807) is 33.7 Å². The molecule has 2 fully saturated rings. The molecular formula is C16H22ClN3O3. The number of aromatic nitrogens is 1. The van der Waals surface area contributed by atoms with E-state index in [9.17, 15) is 9.59 Å². The highest BCUT2D eigenvalue weighted by Gasteiger charge is 2.49. The van der Waals surface area contributed by atoms with Crippen LogP contribution in [-0.2, 0) is 11.8 Å². The summed E-state index contributed by atoms with van der Waals surface area (Å²) in [7, 11) is 1.79. The summed E-state index contributed by atoms with van der Waals surface area (Å²) in [5.74, 6) is 0.00127. The van der Waals surface area contributed by atoms with Gasteiger partial charge in [-0.1, -0.05) is 11.6 Å². The number of rotatable bonds is 3. The average Bonchev–Trinajstić information content (AvgIpc) is 3.08. The molecule has 0 saturated carbocycles. The van der Waals surface area contributed by atoms with Crippen LogP contribution in [-0.4, -0.2) is 64.1 Å². The molecule has 2 saturated heterocycles. The van der Waals surface area contributed by atoms with E-state index in [0.29, 0.717) is 43.3 Å². The van der Waals surface area contributed by atoms with Crippen molar-refractivity contribution in [2.24, 2.45) is 12.5 Å². The van der Waals surface area contributed by atoms with E-state index in [1.165, 1.54) is 0 Å². The molecule has 1 N–H and O–H groups in total. The summed E-state index contributed by atoms with van der Waals surface area (Å²) in [5.41, 5.74) is 0.0698. The van der Waals surface area contributed by atoms with E-state index < -0.39 is 5.41 Å².